The van der Waals surface area contributed by atoms with Crippen LogP contribution < -0.4 is 10.9 Å². The molecule has 0 unspecified atom stereocenters. The molecule has 1 aromatic carbocycles. The van der Waals surface area contributed by atoms with E-state index in [9.17, 15) is 9.59 Å². The number of carbonyl (C=O) groups excluding carboxylic acids is 1. The zero-order chi connectivity index (χ0) is 25.1. The highest BCUT2D eigenvalue weighted by Crippen LogP contribution is 2.35. The van der Waals surface area contributed by atoms with E-state index in [1.165, 1.54) is 0 Å². The number of ether oxygens (including phenoxy) is 1. The minimum Gasteiger partial charge on any atom is -0.378 e. The van der Waals surface area contributed by atoms with Crippen molar-refractivity contribution in [2.75, 3.05) is 26.3 Å². The summed E-state index contributed by atoms with van der Waals surface area (Å²) in [7, 11) is 0. The van der Waals surface area contributed by atoms with Crippen LogP contribution in [0.2, 0.25) is 0 Å². The number of H-pyrrole nitrogens is 1. The van der Waals surface area contributed by atoms with E-state index in [2.05, 4.69) is 32.2 Å². The van der Waals surface area contributed by atoms with Gasteiger partial charge in [0, 0.05) is 48.9 Å². The molecule has 2 aliphatic heterocycles. The number of aromatic amines is 1. The maximum absolute atomic E-state index is 13.4. The molecule has 3 aliphatic rings. The van der Waals surface area contributed by atoms with Crippen molar-refractivity contribution in [1.82, 2.24) is 25.4 Å². The number of carbonyl (C=O) groups is 1. The number of hydrazone groups is 1. The maximum Gasteiger partial charge on any atom is 0.272 e. The zero-order valence-electron chi connectivity index (χ0n) is 20.6. The van der Waals surface area contributed by atoms with Crippen LogP contribution in [0.4, 0.5) is 0 Å². The predicted octanol–water partition coefficient (Wildman–Crippen LogP) is 3.00. The van der Waals surface area contributed by atoms with E-state index in [0.717, 1.165) is 61.2 Å². The Balaban J connectivity index is 1.29. The van der Waals surface area contributed by atoms with Gasteiger partial charge in [-0.25, -0.2) is 10.1 Å². The first kappa shape index (κ1) is 24.0. The normalized spacial score (nSPS) is 23.9. The van der Waals surface area contributed by atoms with Gasteiger partial charge in [0.05, 0.1) is 35.7 Å². The van der Waals surface area contributed by atoms with Crippen LogP contribution in [-0.4, -0.2) is 65.1 Å². The van der Waals surface area contributed by atoms with Gasteiger partial charge in [0.2, 0.25) is 5.91 Å². The molecule has 1 saturated carbocycles. The largest absolute Gasteiger partial charge is 0.378 e. The lowest BCUT2D eigenvalue weighted by Gasteiger charge is -2.36. The van der Waals surface area contributed by atoms with Gasteiger partial charge in [0.25, 0.3) is 5.56 Å². The van der Waals surface area contributed by atoms with E-state index in [4.69, 9.17) is 4.74 Å². The first-order valence-electron chi connectivity index (χ1n) is 12.5. The fraction of sp³-hybridized carbons (Fsp3) is 0.407. The number of allylic oxidation sites excluding steroid dienone is 2. The lowest BCUT2D eigenvalue weighted by molar-refractivity contribution is -0.118. The highest BCUT2D eigenvalue weighted by molar-refractivity contribution is 5.94. The van der Waals surface area contributed by atoms with Crippen molar-refractivity contribution in [3.63, 3.8) is 0 Å². The molecule has 2 N–H and O–H groups in total. The first-order valence-corrected chi connectivity index (χ1v) is 12.5. The zero-order valence-corrected chi connectivity index (χ0v) is 20.6. The highest BCUT2D eigenvalue weighted by atomic mass is 16.5. The molecule has 0 radical (unpaired) electrons. The molecule has 188 valence electrons. The Morgan fingerprint density at radius 3 is 2.61 bits per heavy atom. The Kier molecular flexibility index (Phi) is 6.99. The van der Waals surface area contributed by atoms with Gasteiger partial charge < -0.3 is 15.0 Å². The van der Waals surface area contributed by atoms with Crippen molar-refractivity contribution in [3.05, 3.63) is 75.6 Å². The molecule has 5 rings (SSSR count). The minimum absolute atomic E-state index is 0.0819. The van der Waals surface area contributed by atoms with E-state index < -0.39 is 0 Å². The monoisotopic (exact) mass is 488 g/mol. The predicted molar refractivity (Wildman–Crippen MR) is 139 cm³/mol. The van der Waals surface area contributed by atoms with Gasteiger partial charge in [0.1, 0.15) is 0 Å². The minimum atomic E-state index is -0.162. The maximum atomic E-state index is 13.4. The summed E-state index contributed by atoms with van der Waals surface area (Å²) in [5.74, 6) is 0.156. The summed E-state index contributed by atoms with van der Waals surface area (Å²) in [6.45, 7) is 8.38. The van der Waals surface area contributed by atoms with Gasteiger partial charge in [-0.05, 0) is 50.8 Å². The molecule has 1 aliphatic carbocycles. The van der Waals surface area contributed by atoms with E-state index >= 15 is 0 Å². The molecule has 0 bridgehead atoms. The summed E-state index contributed by atoms with van der Waals surface area (Å²) >= 11 is 0. The van der Waals surface area contributed by atoms with E-state index in [1.54, 1.807) is 5.01 Å². The van der Waals surface area contributed by atoms with Crippen LogP contribution in [0, 0.1) is 0 Å². The number of hydrogen-bond donors (Lipinski definition) is 2. The number of amides is 1. The van der Waals surface area contributed by atoms with Crippen molar-refractivity contribution in [3.8, 4) is 0 Å². The summed E-state index contributed by atoms with van der Waals surface area (Å²) in [6, 6.07) is 7.70. The van der Waals surface area contributed by atoms with Gasteiger partial charge in [-0.2, -0.15) is 10.2 Å². The second kappa shape index (κ2) is 10.5. The number of nitrogens with one attached hydrogen (secondary N) is 2. The molecule has 1 aromatic heterocycles. The smallest absolute Gasteiger partial charge is 0.272 e. The number of benzene rings is 1. The molecule has 36 heavy (non-hydrogen) atoms. The number of morpholine rings is 1. The van der Waals surface area contributed by atoms with Crippen molar-refractivity contribution in [1.29, 1.82) is 0 Å². The standard InChI is InChI=1S/C27H32N6O3/c1-18(25-23(8-5-13-33(25)28-2)32-14-16-36-17-15-32)26(34)29-20-11-9-19(10-12-20)24-21-6-3-4-7-22(21)27(35)31-30-24/h3-8,13,19-20H,2,9-12,14-17H2,1H3,(H,29,34)(H,31,35)/b25-18+/t19-,20-. The topological polar surface area (TPSA) is 103 Å². The van der Waals surface area contributed by atoms with Crippen LogP contribution in [0.5, 0.6) is 0 Å². The number of nitrogens with zero attached hydrogens (tertiary/aromatic N) is 4. The van der Waals surface area contributed by atoms with Gasteiger partial charge in [-0.3, -0.25) is 9.59 Å². The molecule has 9 heteroatoms. The lowest BCUT2D eigenvalue weighted by Crippen LogP contribution is -2.41. The number of fused-ring (bicyclic) bond motifs is 1. The SMILES string of the molecule is C=NN1C=CC=C(N2CCOCC2)/C1=C(/C)C(=O)N[C@H]1CC[C@H](c2n[nH]c(=O)c3ccccc32)CC1. The van der Waals surface area contributed by atoms with Gasteiger partial charge in [-0.15, -0.1) is 0 Å². The second-order valence-electron chi connectivity index (χ2n) is 9.46. The molecular formula is C27H32N6O3. The Labute approximate surface area is 210 Å². The first-order chi connectivity index (χ1) is 17.6. The third kappa shape index (κ3) is 4.70. The molecule has 1 amide bonds. The van der Waals surface area contributed by atoms with Crippen molar-refractivity contribution < 1.29 is 9.53 Å². The highest BCUT2D eigenvalue weighted by Gasteiger charge is 2.29. The molecule has 2 fully saturated rings. The Morgan fingerprint density at radius 2 is 1.89 bits per heavy atom. The Bertz CT molecular complexity index is 1300. The molecule has 9 nitrogen and oxygen atoms in total. The quantitative estimate of drug-likeness (QED) is 0.496. The number of aromatic nitrogens is 2. The molecular weight excluding hydrogens is 456 g/mol. The second-order valence-corrected chi connectivity index (χ2v) is 9.46. The summed E-state index contributed by atoms with van der Waals surface area (Å²) in [5.41, 5.74) is 3.10. The summed E-state index contributed by atoms with van der Waals surface area (Å²) < 4.78 is 5.50. The summed E-state index contributed by atoms with van der Waals surface area (Å²) in [4.78, 5) is 27.7. The van der Waals surface area contributed by atoms with Gasteiger partial charge in [0.15, 0.2) is 0 Å². The third-order valence-corrected chi connectivity index (χ3v) is 7.33. The van der Waals surface area contributed by atoms with Crippen molar-refractivity contribution >= 4 is 23.4 Å². The summed E-state index contributed by atoms with van der Waals surface area (Å²) in [5, 5.41) is 17.7. The van der Waals surface area contributed by atoms with Crippen molar-refractivity contribution in [2.24, 2.45) is 5.10 Å². The van der Waals surface area contributed by atoms with Crippen molar-refractivity contribution in [2.45, 2.75) is 44.6 Å². The van der Waals surface area contributed by atoms with Crippen LogP contribution in [0.3, 0.4) is 0 Å². The van der Waals surface area contributed by atoms with Crippen LogP contribution in [-0.2, 0) is 9.53 Å². The number of rotatable bonds is 5. The Morgan fingerprint density at radius 1 is 1.17 bits per heavy atom. The van der Waals surface area contributed by atoms with Crippen LogP contribution in [0.25, 0.3) is 10.8 Å². The van der Waals surface area contributed by atoms with Crippen LogP contribution >= 0.6 is 0 Å². The lowest BCUT2D eigenvalue weighted by atomic mass is 9.82. The number of hydrogen-bond acceptors (Lipinski definition) is 7. The van der Waals surface area contributed by atoms with E-state index in [-0.39, 0.29) is 23.4 Å². The average Bonchev–Trinajstić information content (AvgIpc) is 2.93. The fourth-order valence-electron chi connectivity index (χ4n) is 5.39. The van der Waals surface area contributed by atoms with E-state index in [0.29, 0.717) is 24.2 Å². The molecule has 3 heterocycles. The van der Waals surface area contributed by atoms with E-state index in [1.807, 2.05) is 49.5 Å². The average molecular weight is 489 g/mol. The van der Waals surface area contributed by atoms with Crippen LogP contribution in [0.15, 0.2) is 69.5 Å². The summed E-state index contributed by atoms with van der Waals surface area (Å²) in [6.07, 6.45) is 9.25. The molecule has 1 saturated heterocycles. The van der Waals surface area contributed by atoms with Gasteiger partial charge in [-0.1, -0.05) is 18.2 Å². The third-order valence-electron chi connectivity index (χ3n) is 7.33. The molecule has 0 spiro atoms. The van der Waals surface area contributed by atoms with Crippen LogP contribution in [0.1, 0.15) is 44.2 Å². The molecule has 2 aromatic rings. The van der Waals surface area contributed by atoms with Gasteiger partial charge >= 0.3 is 0 Å². The Hall–Kier alpha value is -3.72. The molecule has 0 atom stereocenters. The fourth-order valence-corrected chi connectivity index (χ4v) is 5.39.